The van der Waals surface area contributed by atoms with Crippen LogP contribution < -0.4 is 4.90 Å². The Kier molecular flexibility index (Phi) is 9.16. The lowest BCUT2D eigenvalue weighted by Gasteiger charge is -2.47. The highest BCUT2D eigenvalue weighted by Crippen LogP contribution is 2.36. The number of amides is 1. The van der Waals surface area contributed by atoms with Gasteiger partial charge in [0, 0.05) is 29.7 Å². The van der Waals surface area contributed by atoms with Crippen LogP contribution in [0.15, 0.2) is 28.9 Å². The number of benzene rings is 1. The Bertz CT molecular complexity index is 1020. The molecule has 200 valence electrons. The number of hydrogen-bond donors (Lipinski definition) is 1. The predicted molar refractivity (Wildman–Crippen MR) is 130 cm³/mol. The summed E-state index contributed by atoms with van der Waals surface area (Å²) in [6, 6.07) is 3.17. The molecule has 0 saturated carbocycles. The average Bonchev–Trinajstić information content (AvgIpc) is 3.29. The molecule has 1 aromatic heterocycles. The summed E-state index contributed by atoms with van der Waals surface area (Å²) in [5, 5.41) is 9.46. The predicted octanol–water partition coefficient (Wildman–Crippen LogP) is 6.41. The maximum Gasteiger partial charge on any atom is 0.416 e. The SMILES string of the molecule is CCC1CC(N(Cc2cc(Cl)cc(C(F)(F)F)c2)c2nc(CO)co2)CC(CC)N1C(=O)OC(C)C. The highest BCUT2D eigenvalue weighted by Gasteiger charge is 2.41. The van der Waals surface area contributed by atoms with E-state index >= 15 is 0 Å². The van der Waals surface area contributed by atoms with E-state index in [0.29, 0.717) is 36.9 Å². The van der Waals surface area contributed by atoms with Crippen molar-refractivity contribution in [3.05, 3.63) is 46.3 Å². The van der Waals surface area contributed by atoms with E-state index in [0.717, 1.165) is 12.1 Å². The molecule has 1 aliphatic heterocycles. The average molecular weight is 532 g/mol. The van der Waals surface area contributed by atoms with Crippen molar-refractivity contribution in [3.63, 3.8) is 0 Å². The second-order valence-electron chi connectivity index (χ2n) is 9.34. The van der Waals surface area contributed by atoms with E-state index in [4.69, 9.17) is 20.8 Å². The first kappa shape index (κ1) is 28.1. The first-order valence-corrected chi connectivity index (χ1v) is 12.5. The number of likely N-dealkylation sites (tertiary alicyclic amines) is 1. The molecule has 1 saturated heterocycles. The Balaban J connectivity index is 1.97. The molecule has 1 aliphatic rings. The Morgan fingerprint density at radius 2 is 1.89 bits per heavy atom. The molecule has 2 unspecified atom stereocenters. The fraction of sp³-hybridized carbons (Fsp3) is 0.600. The number of carbonyl (C=O) groups is 1. The minimum Gasteiger partial charge on any atom is -0.447 e. The molecule has 0 aliphatic carbocycles. The summed E-state index contributed by atoms with van der Waals surface area (Å²) >= 11 is 6.04. The zero-order chi connectivity index (χ0) is 26.6. The molecule has 3 rings (SSSR count). The number of aromatic nitrogens is 1. The van der Waals surface area contributed by atoms with Crippen molar-refractivity contribution in [3.8, 4) is 0 Å². The molecule has 36 heavy (non-hydrogen) atoms. The van der Waals surface area contributed by atoms with Crippen LogP contribution in [0.25, 0.3) is 0 Å². The third-order valence-corrected chi connectivity index (χ3v) is 6.61. The fourth-order valence-electron chi connectivity index (χ4n) is 4.75. The van der Waals surface area contributed by atoms with Gasteiger partial charge in [-0.2, -0.15) is 18.2 Å². The second-order valence-corrected chi connectivity index (χ2v) is 9.78. The van der Waals surface area contributed by atoms with Crippen LogP contribution in [0.2, 0.25) is 5.02 Å². The summed E-state index contributed by atoms with van der Waals surface area (Å²) in [5.41, 5.74) is -0.173. The number of aliphatic hydroxyl groups excluding tert-OH is 1. The summed E-state index contributed by atoms with van der Waals surface area (Å²) in [6.45, 7) is 7.30. The normalized spacial score (nSPS) is 20.6. The van der Waals surface area contributed by atoms with E-state index in [1.54, 1.807) is 23.6 Å². The lowest BCUT2D eigenvalue weighted by molar-refractivity contribution is -0.137. The van der Waals surface area contributed by atoms with Crippen LogP contribution in [0, 0.1) is 0 Å². The Morgan fingerprint density at radius 3 is 2.39 bits per heavy atom. The minimum absolute atomic E-state index is 0.0210. The van der Waals surface area contributed by atoms with E-state index in [2.05, 4.69) is 4.98 Å². The third kappa shape index (κ3) is 6.64. The maximum absolute atomic E-state index is 13.4. The van der Waals surface area contributed by atoms with E-state index in [1.807, 2.05) is 13.8 Å². The number of aliphatic hydroxyl groups is 1. The molecule has 1 aromatic carbocycles. The molecule has 0 spiro atoms. The number of anilines is 1. The van der Waals surface area contributed by atoms with Crippen molar-refractivity contribution in [2.24, 2.45) is 0 Å². The second kappa shape index (κ2) is 11.7. The van der Waals surface area contributed by atoms with Gasteiger partial charge in [-0.05, 0) is 63.3 Å². The van der Waals surface area contributed by atoms with Gasteiger partial charge in [0.1, 0.15) is 12.0 Å². The van der Waals surface area contributed by atoms with Gasteiger partial charge in [-0.15, -0.1) is 0 Å². The van der Waals surface area contributed by atoms with Gasteiger partial charge >= 0.3 is 12.3 Å². The number of piperidine rings is 1. The molecule has 2 atom stereocenters. The van der Waals surface area contributed by atoms with Crippen LogP contribution in [0.1, 0.15) is 70.2 Å². The van der Waals surface area contributed by atoms with Crippen molar-refractivity contribution in [2.45, 2.75) is 96.9 Å². The number of nitrogens with zero attached hydrogens (tertiary/aromatic N) is 3. The minimum atomic E-state index is -4.54. The van der Waals surface area contributed by atoms with Gasteiger partial charge in [0.2, 0.25) is 0 Å². The smallest absolute Gasteiger partial charge is 0.416 e. The van der Waals surface area contributed by atoms with Gasteiger partial charge < -0.3 is 24.1 Å². The molecule has 11 heteroatoms. The molecule has 0 radical (unpaired) electrons. The zero-order valence-electron chi connectivity index (χ0n) is 20.9. The largest absolute Gasteiger partial charge is 0.447 e. The number of ether oxygens (including phenoxy) is 1. The van der Waals surface area contributed by atoms with Crippen molar-refractivity contribution in [1.82, 2.24) is 9.88 Å². The van der Waals surface area contributed by atoms with Crippen molar-refractivity contribution in [2.75, 3.05) is 4.90 Å². The van der Waals surface area contributed by atoms with Crippen LogP contribution >= 0.6 is 11.6 Å². The fourth-order valence-corrected chi connectivity index (χ4v) is 5.00. The first-order valence-electron chi connectivity index (χ1n) is 12.1. The van der Waals surface area contributed by atoms with Crippen LogP contribution in [0.5, 0.6) is 0 Å². The van der Waals surface area contributed by atoms with Crippen LogP contribution in [-0.4, -0.2) is 45.3 Å². The molecule has 0 bridgehead atoms. The van der Waals surface area contributed by atoms with Crippen molar-refractivity contribution >= 4 is 23.7 Å². The zero-order valence-corrected chi connectivity index (χ0v) is 21.6. The number of oxazole rings is 1. The lowest BCUT2D eigenvalue weighted by atomic mass is 9.88. The van der Waals surface area contributed by atoms with E-state index in [9.17, 15) is 23.1 Å². The molecule has 1 fully saturated rings. The molecule has 1 N–H and O–H groups in total. The standard InChI is InChI=1S/C25H33ClF3N3O4/c1-5-20-10-22(11-21(6-2)32(20)24(34)36-15(3)4)31(23-30-19(13-33)14-35-23)12-16-7-17(25(27,28)29)9-18(26)8-16/h7-9,14-15,20-22,33H,5-6,10-13H2,1-4H3. The number of hydrogen-bond acceptors (Lipinski definition) is 6. The Hall–Kier alpha value is -2.46. The van der Waals surface area contributed by atoms with Crippen LogP contribution in [-0.2, 0) is 24.1 Å². The molecular formula is C25H33ClF3N3O4. The number of carbonyl (C=O) groups excluding carboxylic acids is 1. The Morgan fingerprint density at radius 1 is 1.25 bits per heavy atom. The summed E-state index contributed by atoms with van der Waals surface area (Å²) in [7, 11) is 0. The number of halogens is 4. The quantitative estimate of drug-likeness (QED) is 0.424. The van der Waals surface area contributed by atoms with Gasteiger partial charge in [0.05, 0.1) is 18.3 Å². The summed E-state index contributed by atoms with van der Waals surface area (Å²) < 4.78 is 51.4. The maximum atomic E-state index is 13.4. The van der Waals surface area contributed by atoms with Gasteiger partial charge in [-0.3, -0.25) is 0 Å². The molecule has 2 aromatic rings. The first-order chi connectivity index (χ1) is 17.0. The monoisotopic (exact) mass is 531 g/mol. The molecule has 2 heterocycles. The van der Waals surface area contributed by atoms with Gasteiger partial charge in [0.25, 0.3) is 6.01 Å². The van der Waals surface area contributed by atoms with Gasteiger partial charge in [-0.1, -0.05) is 25.4 Å². The van der Waals surface area contributed by atoms with Gasteiger partial charge in [-0.25, -0.2) is 4.79 Å². The third-order valence-electron chi connectivity index (χ3n) is 6.39. The summed E-state index contributed by atoms with van der Waals surface area (Å²) in [4.78, 5) is 20.8. The molecule has 7 nitrogen and oxygen atoms in total. The highest BCUT2D eigenvalue weighted by molar-refractivity contribution is 6.30. The van der Waals surface area contributed by atoms with Crippen molar-refractivity contribution < 1.29 is 32.2 Å². The summed E-state index contributed by atoms with van der Waals surface area (Å²) in [5.74, 6) is 0. The lowest BCUT2D eigenvalue weighted by Crippen LogP contribution is -2.57. The van der Waals surface area contributed by atoms with Gasteiger partial charge in [0.15, 0.2) is 0 Å². The highest BCUT2D eigenvalue weighted by atomic mass is 35.5. The summed E-state index contributed by atoms with van der Waals surface area (Å²) in [6.07, 6.45) is -1.39. The van der Waals surface area contributed by atoms with E-state index in [1.165, 1.54) is 12.3 Å². The number of rotatable bonds is 8. The Labute approximate surface area is 214 Å². The molecule has 1 amide bonds. The van der Waals surface area contributed by atoms with E-state index < -0.39 is 11.7 Å². The van der Waals surface area contributed by atoms with Crippen LogP contribution in [0.4, 0.5) is 24.0 Å². The van der Waals surface area contributed by atoms with E-state index in [-0.39, 0.29) is 54.5 Å². The topological polar surface area (TPSA) is 79.0 Å². The van der Waals surface area contributed by atoms with Crippen LogP contribution in [0.3, 0.4) is 0 Å². The number of alkyl halides is 3. The van der Waals surface area contributed by atoms with Crippen molar-refractivity contribution in [1.29, 1.82) is 0 Å². The molecular weight excluding hydrogens is 499 g/mol.